The van der Waals surface area contributed by atoms with Gasteiger partial charge in [-0.3, -0.25) is 4.57 Å². The smallest absolute Gasteiger partial charge is 0.145 e. The maximum absolute atomic E-state index is 5.13. The highest BCUT2D eigenvalue weighted by Crippen LogP contribution is 2.45. The predicted molar refractivity (Wildman–Crippen MR) is 228 cm³/mol. The van der Waals surface area contributed by atoms with Crippen molar-refractivity contribution in [2.45, 2.75) is 6.92 Å². The molecule has 54 heavy (non-hydrogen) atoms. The first-order valence-corrected chi connectivity index (χ1v) is 18.5. The van der Waals surface area contributed by atoms with Gasteiger partial charge in [0.05, 0.1) is 11.0 Å². The van der Waals surface area contributed by atoms with Crippen LogP contribution in [0.1, 0.15) is 5.56 Å². The highest BCUT2D eigenvalue weighted by atomic mass is 15.1. The molecule has 1 heterocycles. The summed E-state index contributed by atoms with van der Waals surface area (Å²) in [7, 11) is 0. The van der Waals surface area contributed by atoms with Gasteiger partial charge in [0, 0.05) is 11.3 Å². The molecule has 0 saturated heterocycles. The maximum Gasteiger partial charge on any atom is 0.145 e. The molecule has 9 aromatic carbocycles. The molecule has 0 amide bonds. The van der Waals surface area contributed by atoms with E-state index in [1.165, 1.54) is 71.6 Å². The van der Waals surface area contributed by atoms with Crippen LogP contribution in [0.2, 0.25) is 0 Å². The topological polar surface area (TPSA) is 17.8 Å². The molecule has 0 fully saturated rings. The number of fused-ring (bicyclic) bond motifs is 3. The molecule has 2 heteroatoms. The average Bonchev–Trinajstić information content (AvgIpc) is 3.62. The molecular weight excluding hydrogens is 653 g/mol. The van der Waals surface area contributed by atoms with Crippen molar-refractivity contribution in [1.82, 2.24) is 9.55 Å². The minimum atomic E-state index is 0.941. The van der Waals surface area contributed by atoms with Crippen LogP contribution in [0.15, 0.2) is 200 Å². The van der Waals surface area contributed by atoms with E-state index in [1.54, 1.807) is 0 Å². The molecule has 0 saturated carbocycles. The van der Waals surface area contributed by atoms with E-state index in [0.717, 1.165) is 28.1 Å². The number of benzene rings is 9. The third-order valence-corrected chi connectivity index (χ3v) is 10.6. The molecule has 0 aliphatic carbocycles. The van der Waals surface area contributed by atoms with Gasteiger partial charge in [0.1, 0.15) is 5.82 Å². The Labute approximate surface area is 315 Å². The molecule has 0 aliphatic rings. The van der Waals surface area contributed by atoms with Crippen LogP contribution in [0, 0.1) is 6.92 Å². The minimum Gasteiger partial charge on any atom is -0.292 e. The zero-order chi connectivity index (χ0) is 36.0. The number of aryl methyl sites for hydroxylation is 1. The summed E-state index contributed by atoms with van der Waals surface area (Å²) in [6.45, 7) is 2.12. The van der Waals surface area contributed by atoms with E-state index >= 15 is 0 Å². The fourth-order valence-corrected chi connectivity index (χ4v) is 8.13. The average molecular weight is 689 g/mol. The zero-order valence-corrected chi connectivity index (χ0v) is 29.9. The van der Waals surface area contributed by atoms with E-state index in [4.69, 9.17) is 4.98 Å². The quantitative estimate of drug-likeness (QED) is 0.159. The third kappa shape index (κ3) is 5.48. The lowest BCUT2D eigenvalue weighted by atomic mass is 9.84. The Kier molecular flexibility index (Phi) is 7.74. The molecule has 10 rings (SSSR count). The maximum atomic E-state index is 5.13. The second kappa shape index (κ2) is 13.2. The number of aromatic nitrogens is 2. The lowest BCUT2D eigenvalue weighted by molar-refractivity contribution is 1.10. The largest absolute Gasteiger partial charge is 0.292 e. The summed E-state index contributed by atoms with van der Waals surface area (Å²) >= 11 is 0. The van der Waals surface area contributed by atoms with Crippen LogP contribution < -0.4 is 0 Å². The summed E-state index contributed by atoms with van der Waals surface area (Å²) in [6.07, 6.45) is 0. The summed E-state index contributed by atoms with van der Waals surface area (Å²) in [5, 5.41) is 4.95. The molecule has 0 N–H and O–H groups in total. The van der Waals surface area contributed by atoms with Crippen LogP contribution in [0.3, 0.4) is 0 Å². The van der Waals surface area contributed by atoms with E-state index < -0.39 is 0 Å². The molecule has 10 aromatic rings. The Bertz CT molecular complexity index is 2840. The molecule has 254 valence electrons. The molecule has 0 bridgehead atoms. The summed E-state index contributed by atoms with van der Waals surface area (Å²) in [5.74, 6) is 0.941. The Morgan fingerprint density at radius 2 is 0.796 bits per heavy atom. The number of hydrogen-bond donors (Lipinski definition) is 0. The number of hydrogen-bond acceptors (Lipinski definition) is 1. The lowest BCUT2D eigenvalue weighted by Crippen LogP contribution is -1.98. The van der Waals surface area contributed by atoms with Crippen LogP contribution in [0.25, 0.3) is 94.2 Å². The van der Waals surface area contributed by atoms with Gasteiger partial charge in [0.25, 0.3) is 0 Å². The predicted octanol–water partition coefficient (Wildman–Crippen LogP) is 14.0. The summed E-state index contributed by atoms with van der Waals surface area (Å²) in [5.41, 5.74) is 15.2. The van der Waals surface area contributed by atoms with Gasteiger partial charge in [0.2, 0.25) is 0 Å². The van der Waals surface area contributed by atoms with Crippen molar-refractivity contribution in [2.24, 2.45) is 0 Å². The van der Waals surface area contributed by atoms with Gasteiger partial charge < -0.3 is 0 Å². The molecule has 0 aliphatic heterocycles. The molecule has 0 radical (unpaired) electrons. The van der Waals surface area contributed by atoms with Crippen molar-refractivity contribution in [3.05, 3.63) is 206 Å². The van der Waals surface area contributed by atoms with Crippen molar-refractivity contribution in [3.63, 3.8) is 0 Å². The van der Waals surface area contributed by atoms with Crippen molar-refractivity contribution in [2.75, 3.05) is 0 Å². The summed E-state index contributed by atoms with van der Waals surface area (Å²) in [4.78, 5) is 5.13. The molecular formula is C52H36N2. The standard InChI is InChI=1S/C52H36N2/c1-35-25-30-49-48(31-35)53-52(39-19-9-4-10-20-39)54(49)43-28-26-38(27-29-43)50-44-21-11-13-23-46(44)51(47-24-14-12-22-45(47)50)42-33-40(36-15-5-2-6-16-36)32-41(34-42)37-17-7-3-8-18-37/h2-34H,1H3. The van der Waals surface area contributed by atoms with Crippen LogP contribution in [0.4, 0.5) is 0 Å². The van der Waals surface area contributed by atoms with E-state index in [0.29, 0.717) is 0 Å². The Hall–Kier alpha value is -7.03. The van der Waals surface area contributed by atoms with Gasteiger partial charge in [0.15, 0.2) is 0 Å². The number of imidazole rings is 1. The van der Waals surface area contributed by atoms with Gasteiger partial charge in [-0.2, -0.15) is 0 Å². The molecule has 0 atom stereocenters. The molecule has 0 spiro atoms. The van der Waals surface area contributed by atoms with E-state index in [9.17, 15) is 0 Å². The van der Waals surface area contributed by atoms with Gasteiger partial charge >= 0.3 is 0 Å². The molecule has 0 unspecified atom stereocenters. The van der Waals surface area contributed by atoms with Crippen LogP contribution in [0.5, 0.6) is 0 Å². The fraction of sp³-hybridized carbons (Fsp3) is 0.0192. The van der Waals surface area contributed by atoms with Crippen LogP contribution in [-0.2, 0) is 0 Å². The van der Waals surface area contributed by atoms with Crippen LogP contribution in [-0.4, -0.2) is 9.55 Å². The van der Waals surface area contributed by atoms with E-state index in [-0.39, 0.29) is 0 Å². The van der Waals surface area contributed by atoms with E-state index in [2.05, 4.69) is 212 Å². The van der Waals surface area contributed by atoms with E-state index in [1.807, 2.05) is 0 Å². The summed E-state index contributed by atoms with van der Waals surface area (Å²) < 4.78 is 2.29. The summed E-state index contributed by atoms with van der Waals surface area (Å²) in [6, 6.07) is 72.4. The Balaban J connectivity index is 1.18. The normalized spacial score (nSPS) is 11.4. The lowest BCUT2D eigenvalue weighted by Gasteiger charge is -2.19. The van der Waals surface area contributed by atoms with Crippen molar-refractivity contribution < 1.29 is 0 Å². The first-order valence-electron chi connectivity index (χ1n) is 18.5. The monoisotopic (exact) mass is 688 g/mol. The zero-order valence-electron chi connectivity index (χ0n) is 29.9. The van der Waals surface area contributed by atoms with Gasteiger partial charge in [-0.05, 0) is 121 Å². The fourth-order valence-electron chi connectivity index (χ4n) is 8.13. The van der Waals surface area contributed by atoms with Gasteiger partial charge in [-0.1, -0.05) is 158 Å². The Morgan fingerprint density at radius 3 is 1.31 bits per heavy atom. The van der Waals surface area contributed by atoms with Crippen LogP contribution >= 0.6 is 0 Å². The van der Waals surface area contributed by atoms with Crippen molar-refractivity contribution in [3.8, 4) is 61.6 Å². The van der Waals surface area contributed by atoms with Crippen molar-refractivity contribution >= 4 is 32.6 Å². The second-order valence-electron chi connectivity index (χ2n) is 14.0. The van der Waals surface area contributed by atoms with Gasteiger partial charge in [-0.15, -0.1) is 0 Å². The molecule has 1 aromatic heterocycles. The van der Waals surface area contributed by atoms with Crippen molar-refractivity contribution in [1.29, 1.82) is 0 Å². The highest BCUT2D eigenvalue weighted by Gasteiger charge is 2.19. The van der Waals surface area contributed by atoms with Gasteiger partial charge in [-0.25, -0.2) is 4.98 Å². The number of rotatable bonds is 6. The number of nitrogens with zero attached hydrogens (tertiary/aromatic N) is 2. The highest BCUT2D eigenvalue weighted by molar-refractivity contribution is 6.21. The first kappa shape index (κ1) is 31.7. The third-order valence-electron chi connectivity index (χ3n) is 10.6. The minimum absolute atomic E-state index is 0.941. The Morgan fingerprint density at radius 1 is 0.352 bits per heavy atom. The first-order chi connectivity index (χ1) is 26.7. The SMILES string of the molecule is Cc1ccc2c(c1)nc(-c1ccccc1)n2-c1ccc(-c2c3ccccc3c(-c3cc(-c4ccccc4)cc(-c4ccccc4)c3)c3ccccc23)cc1. The second-order valence-corrected chi connectivity index (χ2v) is 14.0. The molecule has 2 nitrogen and oxygen atoms in total.